The molecule has 1 fully saturated rings. The number of nitrogens with zero attached hydrogens (tertiary/aromatic N) is 2. The molecule has 0 N–H and O–H groups in total. The van der Waals surface area contributed by atoms with Crippen LogP contribution in [0, 0.1) is 0 Å². The molecular formula is C27H54N2O8SSi3. The van der Waals surface area contributed by atoms with Gasteiger partial charge in [-0.2, -0.15) is 13.4 Å². The number of aromatic nitrogens is 2. The maximum Gasteiger partial charge on any atom is 0.353 e. The first-order chi connectivity index (χ1) is 18.2. The van der Waals surface area contributed by atoms with Crippen molar-refractivity contribution >= 4 is 35.9 Å². The third kappa shape index (κ3) is 8.61. The molecule has 2 heterocycles. The number of ether oxygens (including phenoxy) is 1. The summed E-state index contributed by atoms with van der Waals surface area (Å²) in [6, 6.07) is 1.34. The average Bonchev–Trinajstić information content (AvgIpc) is 3.05. The molecule has 1 aliphatic heterocycles. The zero-order valence-corrected chi connectivity index (χ0v) is 31.7. The number of hydrogen-bond acceptors (Lipinski definition) is 9. The SMILES string of the molecule is CC(C)(C)[Si](C)(C)OC[C@H]1O[C@@H](n2ccc(O[SH](=O)=O)nc2=O)C(O[Si](C)(C)C(C)(C)C)[C@H]1O[Si](C)(C)C(C)(C)C. The van der Waals surface area contributed by atoms with Gasteiger partial charge in [-0.05, 0) is 54.4 Å². The summed E-state index contributed by atoms with van der Waals surface area (Å²) in [5.74, 6) is -0.297. The van der Waals surface area contributed by atoms with Crippen molar-refractivity contribution in [1.29, 1.82) is 0 Å². The second-order valence-electron chi connectivity index (χ2n) is 15.6. The van der Waals surface area contributed by atoms with Crippen LogP contribution >= 0.6 is 0 Å². The van der Waals surface area contributed by atoms with Gasteiger partial charge in [-0.1, -0.05) is 62.3 Å². The van der Waals surface area contributed by atoms with E-state index in [1.807, 2.05) is 0 Å². The normalized spacial score (nSPS) is 23.3. The quantitative estimate of drug-likeness (QED) is 0.246. The highest BCUT2D eigenvalue weighted by Gasteiger charge is 2.55. The standard InChI is InChI=1S/C27H54N2O8SSi3/c1-25(2,3)39(10,11)33-18-19-21(36-40(12,13)26(4,5)6)22(37-41(14,15)27(7,8)9)23(34-19)29-17-16-20(28-24(29)30)35-38(31)32/h16-17,19,21-23,38H,18H2,1-15H3/t19-,21+,22?,23-/m1/s1. The predicted molar refractivity (Wildman–Crippen MR) is 171 cm³/mol. The highest BCUT2D eigenvalue weighted by molar-refractivity contribution is 7.67. The van der Waals surface area contributed by atoms with Crippen LogP contribution < -0.4 is 9.87 Å². The van der Waals surface area contributed by atoms with Crippen LogP contribution in [0.2, 0.25) is 54.4 Å². The van der Waals surface area contributed by atoms with Gasteiger partial charge in [0.05, 0.1) is 6.61 Å². The van der Waals surface area contributed by atoms with Gasteiger partial charge in [0.1, 0.15) is 18.3 Å². The van der Waals surface area contributed by atoms with Crippen molar-refractivity contribution in [3.8, 4) is 5.88 Å². The van der Waals surface area contributed by atoms with Crippen molar-refractivity contribution in [2.45, 2.75) is 141 Å². The lowest BCUT2D eigenvalue weighted by molar-refractivity contribution is -0.0510. The van der Waals surface area contributed by atoms with Crippen LogP contribution in [-0.4, -0.2) is 67.8 Å². The van der Waals surface area contributed by atoms with Gasteiger partial charge in [-0.3, -0.25) is 4.57 Å². The van der Waals surface area contributed by atoms with E-state index in [1.54, 1.807) is 0 Å². The fraction of sp³-hybridized carbons (Fsp3) is 0.852. The Balaban J connectivity index is 2.68. The lowest BCUT2D eigenvalue weighted by atomic mass is 10.1. The number of hydrogen-bond donors (Lipinski definition) is 1. The summed E-state index contributed by atoms with van der Waals surface area (Å²) >= 11 is 0. The van der Waals surface area contributed by atoms with Gasteiger partial charge in [0.15, 0.2) is 31.2 Å². The molecule has 1 aromatic rings. The van der Waals surface area contributed by atoms with Gasteiger partial charge in [-0.15, -0.1) is 0 Å². The molecule has 1 saturated heterocycles. The van der Waals surface area contributed by atoms with Gasteiger partial charge >= 0.3 is 16.7 Å². The Labute approximate surface area is 252 Å². The third-order valence-electron chi connectivity index (χ3n) is 9.42. The Morgan fingerprint density at radius 3 is 1.71 bits per heavy atom. The van der Waals surface area contributed by atoms with Crippen molar-refractivity contribution in [2.24, 2.45) is 0 Å². The van der Waals surface area contributed by atoms with Gasteiger partial charge < -0.3 is 22.2 Å². The molecule has 0 radical (unpaired) electrons. The molecule has 2 rings (SSSR count). The van der Waals surface area contributed by atoms with Crippen molar-refractivity contribution in [3.63, 3.8) is 0 Å². The predicted octanol–water partition coefficient (Wildman–Crippen LogP) is 5.85. The molecule has 1 aromatic heterocycles. The third-order valence-corrected chi connectivity index (χ3v) is 23.2. The largest absolute Gasteiger partial charge is 0.414 e. The van der Waals surface area contributed by atoms with Crippen LogP contribution in [-0.2, 0) is 29.0 Å². The molecule has 4 atom stereocenters. The van der Waals surface area contributed by atoms with Crippen molar-refractivity contribution in [2.75, 3.05) is 6.61 Å². The molecule has 1 unspecified atom stereocenters. The minimum absolute atomic E-state index is 0.00292. The topological polar surface area (TPSA) is 115 Å². The monoisotopic (exact) mass is 650 g/mol. The van der Waals surface area contributed by atoms with Gasteiger partial charge in [0.25, 0.3) is 0 Å². The van der Waals surface area contributed by atoms with Crippen LogP contribution in [0.4, 0.5) is 0 Å². The Morgan fingerprint density at radius 1 is 0.829 bits per heavy atom. The molecule has 0 saturated carbocycles. The number of rotatable bonds is 10. The molecule has 0 bridgehead atoms. The van der Waals surface area contributed by atoms with E-state index in [4.69, 9.17) is 18.0 Å². The first kappa shape index (κ1) is 36.3. The van der Waals surface area contributed by atoms with Crippen molar-refractivity contribution < 1.29 is 30.6 Å². The summed E-state index contributed by atoms with van der Waals surface area (Å²) in [6.45, 7) is 33.0. The summed E-state index contributed by atoms with van der Waals surface area (Å²) in [4.78, 5) is 17.1. The first-order valence-corrected chi connectivity index (χ1v) is 24.1. The average molecular weight is 651 g/mol. The lowest BCUT2D eigenvalue weighted by Crippen LogP contribution is -2.54. The molecule has 238 valence electrons. The van der Waals surface area contributed by atoms with Gasteiger partial charge in [-0.25, -0.2) is 4.79 Å². The smallest absolute Gasteiger partial charge is 0.353 e. The maximum absolute atomic E-state index is 13.2. The van der Waals surface area contributed by atoms with Crippen LogP contribution in [0.15, 0.2) is 17.1 Å². The van der Waals surface area contributed by atoms with E-state index in [0.717, 1.165) is 0 Å². The summed E-state index contributed by atoms with van der Waals surface area (Å²) in [5.41, 5.74) is -0.703. The molecule has 0 spiro atoms. The second-order valence-corrected chi connectivity index (χ2v) is 30.5. The fourth-order valence-electron chi connectivity index (χ4n) is 3.59. The van der Waals surface area contributed by atoms with E-state index in [2.05, 4.69) is 111 Å². The molecule has 0 aromatic carbocycles. The van der Waals surface area contributed by atoms with Crippen molar-refractivity contribution in [3.05, 3.63) is 22.7 Å². The zero-order chi connectivity index (χ0) is 32.0. The summed E-state index contributed by atoms with van der Waals surface area (Å²) in [7, 11) is -10.1. The van der Waals surface area contributed by atoms with Crippen LogP contribution in [0.5, 0.6) is 5.88 Å². The minimum atomic E-state index is -3.21. The van der Waals surface area contributed by atoms with E-state index in [0.29, 0.717) is 6.61 Å². The minimum Gasteiger partial charge on any atom is -0.414 e. The van der Waals surface area contributed by atoms with Gasteiger partial charge in [0, 0.05) is 12.3 Å². The summed E-state index contributed by atoms with van der Waals surface area (Å²) < 4.78 is 55.5. The highest BCUT2D eigenvalue weighted by Crippen LogP contribution is 2.46. The van der Waals surface area contributed by atoms with E-state index >= 15 is 0 Å². The van der Waals surface area contributed by atoms with Crippen LogP contribution in [0.25, 0.3) is 0 Å². The van der Waals surface area contributed by atoms with E-state index in [1.165, 1.54) is 16.8 Å². The Bertz CT molecular complexity index is 1190. The van der Waals surface area contributed by atoms with E-state index < -0.39 is 66.2 Å². The lowest BCUT2D eigenvalue weighted by Gasteiger charge is -2.44. The van der Waals surface area contributed by atoms with Crippen molar-refractivity contribution in [1.82, 2.24) is 9.55 Å². The molecule has 10 nitrogen and oxygen atoms in total. The van der Waals surface area contributed by atoms with E-state index in [9.17, 15) is 13.2 Å². The molecule has 0 aliphatic carbocycles. The molecule has 0 amide bonds. The second kappa shape index (κ2) is 12.3. The molecular weight excluding hydrogens is 597 g/mol. The first-order valence-electron chi connectivity index (χ1n) is 14.3. The number of thiol groups is 1. The van der Waals surface area contributed by atoms with E-state index in [-0.39, 0.29) is 21.0 Å². The Hall–Kier alpha value is -0.879. The zero-order valence-electron chi connectivity index (χ0n) is 27.8. The summed E-state index contributed by atoms with van der Waals surface area (Å²) in [6.07, 6.45) is -1.05. The molecule has 41 heavy (non-hydrogen) atoms. The van der Waals surface area contributed by atoms with Crippen LogP contribution in [0.3, 0.4) is 0 Å². The fourth-order valence-corrected chi connectivity index (χ4v) is 7.47. The Morgan fingerprint density at radius 2 is 1.29 bits per heavy atom. The Kier molecular flexibility index (Phi) is 10.9. The van der Waals surface area contributed by atoms with Gasteiger partial charge in [0.2, 0.25) is 5.88 Å². The molecule has 14 heteroatoms. The van der Waals surface area contributed by atoms with Crippen LogP contribution in [0.1, 0.15) is 68.5 Å². The maximum atomic E-state index is 13.2. The summed E-state index contributed by atoms with van der Waals surface area (Å²) in [5, 5.41) is -0.198. The highest BCUT2D eigenvalue weighted by atomic mass is 32.2. The molecule has 1 aliphatic rings.